The second kappa shape index (κ2) is 11.1. The lowest BCUT2D eigenvalue weighted by Crippen LogP contribution is -2.40. The number of benzene rings is 3. The lowest BCUT2D eigenvalue weighted by atomic mass is 9.95. The zero-order valence-electron chi connectivity index (χ0n) is 19.4. The minimum Gasteiger partial charge on any atom is -0.457 e. The van der Waals surface area contributed by atoms with Gasteiger partial charge in [-0.2, -0.15) is 35.1 Å². The van der Waals surface area contributed by atoms with Crippen LogP contribution in [0.5, 0.6) is 11.5 Å². The molecule has 3 nitrogen and oxygen atoms in total. The molecule has 0 saturated heterocycles. The Balaban J connectivity index is 2.00. The van der Waals surface area contributed by atoms with Crippen molar-refractivity contribution in [3.63, 3.8) is 0 Å². The summed E-state index contributed by atoms with van der Waals surface area (Å²) in [7, 11) is 0. The number of aliphatic hydroxyl groups is 1. The van der Waals surface area contributed by atoms with Crippen molar-refractivity contribution in [3.05, 3.63) is 95.1 Å². The third-order valence-corrected chi connectivity index (χ3v) is 5.57. The van der Waals surface area contributed by atoms with Crippen molar-refractivity contribution in [3.8, 4) is 11.5 Å². The first-order valence-corrected chi connectivity index (χ1v) is 11.1. The van der Waals surface area contributed by atoms with Crippen LogP contribution in [-0.4, -0.2) is 30.1 Å². The summed E-state index contributed by atoms with van der Waals surface area (Å²) in [6, 6.07) is 15.1. The van der Waals surface area contributed by atoms with E-state index in [0.717, 1.165) is 18.1 Å². The fourth-order valence-corrected chi connectivity index (χ4v) is 3.57. The van der Waals surface area contributed by atoms with Gasteiger partial charge >= 0.3 is 18.3 Å². The van der Waals surface area contributed by atoms with Crippen LogP contribution in [0.15, 0.2) is 72.8 Å². The van der Waals surface area contributed by atoms with Crippen LogP contribution in [0.2, 0.25) is 0 Å². The molecule has 200 valence electrons. The fourth-order valence-electron chi connectivity index (χ4n) is 3.57. The number of halogens is 8. The normalized spacial score (nSPS) is 14.3. The Morgan fingerprint density at radius 1 is 0.784 bits per heavy atom. The summed E-state index contributed by atoms with van der Waals surface area (Å²) in [6.07, 6.45) is -12.9. The molecule has 0 radical (unpaired) electrons. The summed E-state index contributed by atoms with van der Waals surface area (Å²) in [6.45, 7) is 0.902. The van der Waals surface area contributed by atoms with Gasteiger partial charge in [0.05, 0.1) is 6.04 Å². The minimum absolute atomic E-state index is 0.166. The molecule has 2 N–H and O–H groups in total. The molecule has 37 heavy (non-hydrogen) atoms. The lowest BCUT2D eigenvalue weighted by Gasteiger charge is -2.25. The van der Waals surface area contributed by atoms with Gasteiger partial charge in [-0.1, -0.05) is 49.4 Å². The molecule has 0 aromatic heterocycles. The van der Waals surface area contributed by atoms with Gasteiger partial charge in [0.25, 0.3) is 0 Å². The first-order chi connectivity index (χ1) is 17.2. The van der Waals surface area contributed by atoms with Crippen LogP contribution in [-0.2, 0) is 12.3 Å². The Morgan fingerprint density at radius 3 is 1.95 bits per heavy atom. The molecule has 2 unspecified atom stereocenters. The van der Waals surface area contributed by atoms with Gasteiger partial charge < -0.3 is 15.2 Å². The van der Waals surface area contributed by atoms with E-state index in [-0.39, 0.29) is 16.9 Å². The molecule has 0 bridgehead atoms. The number of rotatable bonds is 9. The summed E-state index contributed by atoms with van der Waals surface area (Å²) in [4.78, 5) is 0. The molecular weight excluding hydrogens is 510 g/mol. The highest BCUT2D eigenvalue weighted by atomic mass is 19.4. The largest absolute Gasteiger partial charge is 0.458 e. The van der Waals surface area contributed by atoms with E-state index < -0.39 is 42.5 Å². The molecule has 11 heteroatoms. The molecular formula is C26H23F8NO2. The number of ether oxygens (including phenoxy) is 1. The van der Waals surface area contributed by atoms with Crippen molar-refractivity contribution in [2.24, 2.45) is 0 Å². The van der Waals surface area contributed by atoms with Crippen molar-refractivity contribution in [1.29, 1.82) is 0 Å². The highest BCUT2D eigenvalue weighted by Crippen LogP contribution is 2.44. The number of hydrogen-bond acceptors (Lipinski definition) is 3. The smallest absolute Gasteiger partial charge is 0.457 e. The van der Waals surface area contributed by atoms with Gasteiger partial charge in [0, 0.05) is 12.1 Å². The molecule has 0 heterocycles. The SMILES string of the molecule is CCc1cccc(Oc2cccc(C(NCC(O)C(F)(F)F)c3cccc(C(F)(F)C(F)(F)F)c3)c2)c1. The first-order valence-electron chi connectivity index (χ1n) is 11.1. The molecule has 3 rings (SSSR count). The van der Waals surface area contributed by atoms with Crippen LogP contribution in [0.3, 0.4) is 0 Å². The zero-order chi connectivity index (χ0) is 27.4. The van der Waals surface area contributed by atoms with Crippen molar-refractivity contribution >= 4 is 0 Å². The standard InChI is InChI=1S/C26H23F8NO2/c1-2-16-6-3-10-20(12-16)37-21-11-5-8-18(14-21)23(35-15-22(36)25(29,30)31)17-7-4-9-19(13-17)24(27,28)26(32,33)34/h3-14,22-23,35-36H,2,15H2,1H3. The van der Waals surface area contributed by atoms with E-state index in [9.17, 15) is 40.2 Å². The van der Waals surface area contributed by atoms with Crippen molar-refractivity contribution in [2.75, 3.05) is 6.54 Å². The van der Waals surface area contributed by atoms with Crippen LogP contribution in [0.4, 0.5) is 35.1 Å². The van der Waals surface area contributed by atoms with Gasteiger partial charge in [-0.25, -0.2) is 0 Å². The zero-order valence-corrected chi connectivity index (χ0v) is 19.4. The molecule has 0 aliphatic heterocycles. The predicted octanol–water partition coefficient (Wildman–Crippen LogP) is 7.30. The molecule has 0 saturated carbocycles. The average molecular weight is 533 g/mol. The Kier molecular flexibility index (Phi) is 8.49. The van der Waals surface area contributed by atoms with Gasteiger partial charge in [-0.3, -0.25) is 0 Å². The summed E-state index contributed by atoms with van der Waals surface area (Å²) < 4.78 is 111. The van der Waals surface area contributed by atoms with Gasteiger partial charge in [0.2, 0.25) is 0 Å². The minimum atomic E-state index is -5.87. The van der Waals surface area contributed by atoms with Crippen LogP contribution in [0.25, 0.3) is 0 Å². The monoisotopic (exact) mass is 533 g/mol. The van der Waals surface area contributed by atoms with E-state index in [1.807, 2.05) is 13.0 Å². The second-order valence-corrected chi connectivity index (χ2v) is 8.27. The number of aryl methyl sites for hydroxylation is 1. The molecule has 3 aromatic rings. The Morgan fingerprint density at radius 2 is 1.35 bits per heavy atom. The lowest BCUT2D eigenvalue weighted by molar-refractivity contribution is -0.289. The summed E-state index contributed by atoms with van der Waals surface area (Å²) in [5, 5.41) is 11.9. The van der Waals surface area contributed by atoms with E-state index in [1.54, 1.807) is 24.3 Å². The van der Waals surface area contributed by atoms with E-state index in [4.69, 9.17) is 4.74 Å². The van der Waals surface area contributed by atoms with Crippen LogP contribution >= 0.6 is 0 Å². The number of aliphatic hydroxyl groups excluding tert-OH is 1. The summed E-state index contributed by atoms with van der Waals surface area (Å²) >= 11 is 0. The maximum atomic E-state index is 14.0. The molecule has 3 aromatic carbocycles. The first kappa shape index (κ1) is 28.4. The van der Waals surface area contributed by atoms with Crippen molar-refractivity contribution < 1.29 is 45.0 Å². The highest BCUT2D eigenvalue weighted by Gasteiger charge is 2.58. The Labute approximate surface area is 207 Å². The number of alkyl halides is 8. The van der Waals surface area contributed by atoms with E-state index in [0.29, 0.717) is 17.9 Å². The van der Waals surface area contributed by atoms with Crippen molar-refractivity contribution in [1.82, 2.24) is 5.32 Å². The molecule has 0 fully saturated rings. The Bertz CT molecular complexity index is 1190. The molecule has 0 amide bonds. The third kappa shape index (κ3) is 6.98. The summed E-state index contributed by atoms with van der Waals surface area (Å²) in [5.41, 5.74) is -0.340. The predicted molar refractivity (Wildman–Crippen MR) is 121 cm³/mol. The van der Waals surface area contributed by atoms with E-state index in [1.165, 1.54) is 24.3 Å². The second-order valence-electron chi connectivity index (χ2n) is 8.27. The van der Waals surface area contributed by atoms with Gasteiger partial charge in [-0.05, 0) is 53.4 Å². The topological polar surface area (TPSA) is 41.5 Å². The fraction of sp³-hybridized carbons (Fsp3) is 0.308. The average Bonchev–Trinajstić information content (AvgIpc) is 2.83. The highest BCUT2D eigenvalue weighted by molar-refractivity contribution is 5.41. The van der Waals surface area contributed by atoms with Gasteiger partial charge in [0.15, 0.2) is 6.10 Å². The number of nitrogens with one attached hydrogen (secondary N) is 1. The molecule has 0 spiro atoms. The van der Waals surface area contributed by atoms with E-state index in [2.05, 4.69) is 5.32 Å². The van der Waals surface area contributed by atoms with Gasteiger partial charge in [0.1, 0.15) is 11.5 Å². The van der Waals surface area contributed by atoms with Crippen LogP contribution in [0.1, 0.15) is 35.2 Å². The number of hydrogen-bond donors (Lipinski definition) is 2. The Hall–Kier alpha value is -3.18. The molecule has 0 aliphatic rings. The van der Waals surface area contributed by atoms with Crippen LogP contribution in [0, 0.1) is 0 Å². The summed E-state index contributed by atoms with van der Waals surface area (Å²) in [5.74, 6) is -4.46. The maximum Gasteiger partial charge on any atom is 0.458 e. The van der Waals surface area contributed by atoms with Gasteiger partial charge in [-0.15, -0.1) is 0 Å². The molecule has 2 atom stereocenters. The van der Waals surface area contributed by atoms with Crippen LogP contribution < -0.4 is 10.1 Å². The van der Waals surface area contributed by atoms with E-state index >= 15 is 0 Å². The quantitative estimate of drug-likeness (QED) is 0.284. The molecule has 0 aliphatic carbocycles. The van der Waals surface area contributed by atoms with Crippen molar-refractivity contribution in [2.45, 2.75) is 43.8 Å². The maximum absolute atomic E-state index is 14.0. The third-order valence-electron chi connectivity index (χ3n) is 5.57.